The van der Waals surface area contributed by atoms with Crippen LogP contribution in [0.1, 0.15) is 5.56 Å². The van der Waals surface area contributed by atoms with E-state index in [9.17, 15) is 12.8 Å². The largest absolute Gasteiger partial charge is 0.392 e. The highest BCUT2D eigenvalue weighted by atomic mass is 32.2. The lowest BCUT2D eigenvalue weighted by Crippen LogP contribution is -2.28. The number of aliphatic hydroxyl groups is 1. The van der Waals surface area contributed by atoms with Crippen LogP contribution in [-0.2, 0) is 16.6 Å². The summed E-state index contributed by atoms with van der Waals surface area (Å²) in [5.41, 5.74) is 0.319. The van der Waals surface area contributed by atoms with E-state index < -0.39 is 20.7 Å². The Hall–Kier alpha value is -1.42. The van der Waals surface area contributed by atoms with Gasteiger partial charge >= 0.3 is 0 Å². The highest BCUT2D eigenvalue weighted by Gasteiger charge is 2.24. The van der Waals surface area contributed by atoms with E-state index in [0.29, 0.717) is 5.56 Å². The van der Waals surface area contributed by atoms with Gasteiger partial charge in [-0.2, -0.15) is 4.31 Å². The molecule has 1 rings (SSSR count). The van der Waals surface area contributed by atoms with Gasteiger partial charge in [0, 0.05) is 7.05 Å². The monoisotopic (exact) mass is 257 g/mol. The van der Waals surface area contributed by atoms with Crippen molar-refractivity contribution in [3.8, 4) is 12.3 Å². The average Bonchev–Trinajstić information content (AvgIpc) is 2.29. The first kappa shape index (κ1) is 13.6. The minimum absolute atomic E-state index is 0.148. The molecule has 0 atom stereocenters. The van der Waals surface area contributed by atoms with Crippen molar-refractivity contribution in [3.63, 3.8) is 0 Å². The first-order chi connectivity index (χ1) is 7.93. The maximum atomic E-state index is 13.5. The van der Waals surface area contributed by atoms with E-state index in [2.05, 4.69) is 5.92 Å². The molecule has 0 unspecified atom stereocenters. The van der Waals surface area contributed by atoms with Crippen molar-refractivity contribution >= 4 is 10.0 Å². The van der Waals surface area contributed by atoms with Crippen LogP contribution in [0.3, 0.4) is 0 Å². The van der Waals surface area contributed by atoms with Gasteiger partial charge in [-0.05, 0) is 17.7 Å². The minimum atomic E-state index is -3.96. The summed E-state index contributed by atoms with van der Waals surface area (Å²) in [5, 5.41) is 8.90. The summed E-state index contributed by atoms with van der Waals surface area (Å²) in [6.45, 7) is -0.507. The number of hydrogen-bond donors (Lipinski definition) is 1. The number of sulfonamides is 1. The first-order valence-corrected chi connectivity index (χ1v) is 6.16. The second kappa shape index (κ2) is 5.27. The van der Waals surface area contributed by atoms with Crippen LogP contribution in [0.2, 0.25) is 0 Å². The zero-order chi connectivity index (χ0) is 13.1. The van der Waals surface area contributed by atoms with Gasteiger partial charge < -0.3 is 5.11 Å². The maximum Gasteiger partial charge on any atom is 0.246 e. The summed E-state index contributed by atoms with van der Waals surface area (Å²) in [7, 11) is -2.70. The molecule has 0 aliphatic heterocycles. The van der Waals surface area contributed by atoms with E-state index in [0.717, 1.165) is 16.4 Å². The lowest BCUT2D eigenvalue weighted by molar-refractivity contribution is 0.281. The molecule has 0 heterocycles. The Morgan fingerprint density at radius 1 is 1.53 bits per heavy atom. The first-order valence-electron chi connectivity index (χ1n) is 4.72. The van der Waals surface area contributed by atoms with Crippen LogP contribution in [0.15, 0.2) is 23.1 Å². The van der Waals surface area contributed by atoms with Gasteiger partial charge in [0.1, 0.15) is 10.7 Å². The molecule has 0 aliphatic rings. The van der Waals surface area contributed by atoms with Gasteiger partial charge in [-0.3, -0.25) is 0 Å². The van der Waals surface area contributed by atoms with E-state index in [1.807, 2.05) is 0 Å². The van der Waals surface area contributed by atoms with Crippen LogP contribution in [0, 0.1) is 18.2 Å². The van der Waals surface area contributed by atoms with Crippen LogP contribution >= 0.6 is 0 Å². The van der Waals surface area contributed by atoms with E-state index in [4.69, 9.17) is 11.5 Å². The van der Waals surface area contributed by atoms with Crippen molar-refractivity contribution in [2.24, 2.45) is 0 Å². The Bertz CT molecular complexity index is 548. The quantitative estimate of drug-likeness (QED) is 0.802. The Labute approximate surface area is 99.7 Å². The van der Waals surface area contributed by atoms with Crippen molar-refractivity contribution in [3.05, 3.63) is 29.6 Å². The fourth-order valence-corrected chi connectivity index (χ4v) is 2.42. The van der Waals surface area contributed by atoms with Crippen LogP contribution < -0.4 is 0 Å². The van der Waals surface area contributed by atoms with Gasteiger partial charge in [-0.15, -0.1) is 6.42 Å². The summed E-state index contributed by atoms with van der Waals surface area (Å²) in [5.74, 6) is 1.30. The summed E-state index contributed by atoms with van der Waals surface area (Å²) >= 11 is 0. The van der Waals surface area contributed by atoms with Crippen molar-refractivity contribution in [1.82, 2.24) is 4.31 Å². The van der Waals surface area contributed by atoms with Gasteiger partial charge in [-0.25, -0.2) is 12.8 Å². The molecule has 1 aromatic rings. The molecule has 0 bridgehead atoms. The summed E-state index contributed by atoms with van der Waals surface area (Å²) in [4.78, 5) is -0.484. The molecule has 17 heavy (non-hydrogen) atoms. The second-order valence-electron chi connectivity index (χ2n) is 3.39. The molecule has 0 saturated heterocycles. The van der Waals surface area contributed by atoms with E-state index in [-0.39, 0.29) is 13.2 Å². The molecule has 0 amide bonds. The Balaban J connectivity index is 3.28. The van der Waals surface area contributed by atoms with Crippen molar-refractivity contribution in [2.45, 2.75) is 11.5 Å². The molecule has 0 aromatic heterocycles. The summed E-state index contributed by atoms with van der Waals surface area (Å²) < 4.78 is 38.2. The molecule has 0 aliphatic carbocycles. The van der Waals surface area contributed by atoms with Gasteiger partial charge in [0.05, 0.1) is 13.2 Å². The molecule has 6 heteroatoms. The zero-order valence-corrected chi connectivity index (χ0v) is 10.0. The molecule has 92 valence electrons. The summed E-state index contributed by atoms with van der Waals surface area (Å²) in [6.07, 6.45) is 5.01. The molecular weight excluding hydrogens is 245 g/mol. The van der Waals surface area contributed by atoms with Crippen molar-refractivity contribution in [1.29, 1.82) is 0 Å². The normalized spacial score (nSPS) is 11.5. The fraction of sp³-hybridized carbons (Fsp3) is 0.273. The van der Waals surface area contributed by atoms with E-state index >= 15 is 0 Å². The van der Waals surface area contributed by atoms with Gasteiger partial charge in [-0.1, -0.05) is 12.0 Å². The van der Waals surface area contributed by atoms with Gasteiger partial charge in [0.2, 0.25) is 10.0 Å². The molecule has 1 N–H and O–H groups in total. The molecule has 0 spiro atoms. The Kier molecular flexibility index (Phi) is 4.23. The minimum Gasteiger partial charge on any atom is -0.392 e. The van der Waals surface area contributed by atoms with E-state index in [1.54, 1.807) is 0 Å². The highest BCUT2D eigenvalue weighted by molar-refractivity contribution is 7.89. The smallest absolute Gasteiger partial charge is 0.246 e. The summed E-state index contributed by atoms with van der Waals surface area (Å²) in [6, 6.07) is 3.41. The van der Waals surface area contributed by atoms with Crippen molar-refractivity contribution in [2.75, 3.05) is 13.6 Å². The maximum absolute atomic E-state index is 13.5. The number of aliphatic hydroxyl groups excluding tert-OH is 1. The predicted molar refractivity (Wildman–Crippen MR) is 61.0 cm³/mol. The van der Waals surface area contributed by atoms with Crippen LogP contribution in [0.4, 0.5) is 4.39 Å². The number of halogens is 1. The molecular formula is C11H12FNO3S. The molecule has 0 fully saturated rings. The molecule has 0 radical (unpaired) electrons. The number of rotatable bonds is 4. The van der Waals surface area contributed by atoms with Crippen LogP contribution in [0.25, 0.3) is 0 Å². The standard InChI is InChI=1S/C11H12FNO3S/c1-3-6-13(2)17(15,16)11-7-9(8-14)4-5-10(11)12/h1,4-5,7,14H,6,8H2,2H3. The topological polar surface area (TPSA) is 57.6 Å². The fourth-order valence-electron chi connectivity index (χ4n) is 1.23. The lowest BCUT2D eigenvalue weighted by Gasteiger charge is -2.15. The third-order valence-corrected chi connectivity index (χ3v) is 4.00. The highest BCUT2D eigenvalue weighted by Crippen LogP contribution is 2.19. The molecule has 0 saturated carbocycles. The third-order valence-electron chi connectivity index (χ3n) is 2.18. The van der Waals surface area contributed by atoms with Crippen LogP contribution in [0.5, 0.6) is 0 Å². The van der Waals surface area contributed by atoms with Gasteiger partial charge in [0.25, 0.3) is 0 Å². The zero-order valence-electron chi connectivity index (χ0n) is 9.22. The van der Waals surface area contributed by atoms with E-state index in [1.165, 1.54) is 13.1 Å². The average molecular weight is 257 g/mol. The Morgan fingerprint density at radius 2 is 2.18 bits per heavy atom. The van der Waals surface area contributed by atoms with Crippen LogP contribution in [-0.4, -0.2) is 31.4 Å². The van der Waals surface area contributed by atoms with Gasteiger partial charge in [0.15, 0.2) is 0 Å². The number of terminal acetylenes is 1. The lowest BCUT2D eigenvalue weighted by atomic mass is 10.2. The third kappa shape index (κ3) is 2.82. The SMILES string of the molecule is C#CCN(C)S(=O)(=O)c1cc(CO)ccc1F. The van der Waals surface area contributed by atoms with Crippen molar-refractivity contribution < 1.29 is 17.9 Å². The Morgan fingerprint density at radius 3 is 2.71 bits per heavy atom. The predicted octanol–water partition coefficient (Wildman–Crippen LogP) is 0.572. The molecule has 1 aromatic carbocycles. The molecule has 4 nitrogen and oxygen atoms in total. The number of nitrogens with zero attached hydrogens (tertiary/aromatic N) is 1. The number of benzene rings is 1. The number of hydrogen-bond acceptors (Lipinski definition) is 3. The second-order valence-corrected chi connectivity index (χ2v) is 5.40.